The first-order chi connectivity index (χ1) is 10.2. The van der Waals surface area contributed by atoms with Gasteiger partial charge in [-0.1, -0.05) is 37.3 Å². The highest BCUT2D eigenvalue weighted by Gasteiger charge is 2.27. The van der Waals surface area contributed by atoms with E-state index in [1.54, 1.807) is 0 Å². The molecule has 1 aromatic rings. The number of nitrogens with one attached hydrogen (secondary N) is 1. The molecule has 118 valence electrons. The van der Waals surface area contributed by atoms with Gasteiger partial charge in [-0.25, -0.2) is 0 Å². The van der Waals surface area contributed by atoms with Crippen molar-refractivity contribution >= 4 is 0 Å². The lowest BCUT2D eigenvalue weighted by Crippen LogP contribution is -2.42. The molecule has 2 unspecified atom stereocenters. The zero-order chi connectivity index (χ0) is 15.1. The minimum absolute atomic E-state index is 0.453. The summed E-state index contributed by atoms with van der Waals surface area (Å²) in [6.45, 7) is 6.87. The average Bonchev–Trinajstić information content (AvgIpc) is 2.90. The zero-order valence-electron chi connectivity index (χ0n) is 13.9. The first-order valence-electron chi connectivity index (χ1n) is 8.37. The number of likely N-dealkylation sites (tertiary alicyclic amines) is 1. The van der Waals surface area contributed by atoms with E-state index < -0.39 is 0 Å². The van der Waals surface area contributed by atoms with Crippen molar-refractivity contribution in [3.63, 3.8) is 0 Å². The van der Waals surface area contributed by atoms with Gasteiger partial charge in [-0.05, 0) is 52.0 Å². The van der Waals surface area contributed by atoms with Crippen molar-refractivity contribution in [3.8, 4) is 0 Å². The van der Waals surface area contributed by atoms with Crippen molar-refractivity contribution in [3.05, 3.63) is 35.9 Å². The lowest BCUT2D eigenvalue weighted by atomic mass is 10.1. The summed E-state index contributed by atoms with van der Waals surface area (Å²) in [6, 6.07) is 12.1. The van der Waals surface area contributed by atoms with E-state index in [0.29, 0.717) is 6.04 Å². The van der Waals surface area contributed by atoms with Gasteiger partial charge in [-0.2, -0.15) is 0 Å². The van der Waals surface area contributed by atoms with Crippen LogP contribution in [-0.2, 0) is 0 Å². The van der Waals surface area contributed by atoms with E-state index in [1.165, 1.54) is 37.9 Å². The number of nitrogens with zero attached hydrogens (tertiary/aromatic N) is 2. The Morgan fingerprint density at radius 2 is 2.05 bits per heavy atom. The molecule has 0 aliphatic carbocycles. The van der Waals surface area contributed by atoms with Crippen LogP contribution in [0.2, 0.25) is 0 Å². The Balaban J connectivity index is 2.00. The fourth-order valence-corrected chi connectivity index (χ4v) is 3.29. The predicted octanol–water partition coefficient (Wildman–Crippen LogP) is 2.75. The van der Waals surface area contributed by atoms with Crippen molar-refractivity contribution in [1.29, 1.82) is 0 Å². The SMILES string of the molecule is CCCNC(CN1CCCC1CN(C)C)c1ccccc1. The smallest absolute Gasteiger partial charge is 0.0449 e. The van der Waals surface area contributed by atoms with Crippen molar-refractivity contribution < 1.29 is 0 Å². The van der Waals surface area contributed by atoms with Crippen LogP contribution in [0.25, 0.3) is 0 Å². The van der Waals surface area contributed by atoms with Crippen LogP contribution in [-0.4, -0.2) is 56.1 Å². The highest BCUT2D eigenvalue weighted by Crippen LogP contribution is 2.22. The lowest BCUT2D eigenvalue weighted by molar-refractivity contribution is 0.189. The second kappa shape index (κ2) is 8.52. The molecule has 1 heterocycles. The number of hydrogen-bond acceptors (Lipinski definition) is 3. The first-order valence-corrected chi connectivity index (χ1v) is 8.37. The quantitative estimate of drug-likeness (QED) is 0.794. The fourth-order valence-electron chi connectivity index (χ4n) is 3.29. The maximum Gasteiger partial charge on any atom is 0.0449 e. The van der Waals surface area contributed by atoms with Gasteiger partial charge in [0.05, 0.1) is 0 Å². The summed E-state index contributed by atoms with van der Waals surface area (Å²) in [4.78, 5) is 5.00. The molecule has 0 spiro atoms. The maximum absolute atomic E-state index is 3.73. The van der Waals surface area contributed by atoms with Crippen molar-refractivity contribution in [1.82, 2.24) is 15.1 Å². The number of likely N-dealkylation sites (N-methyl/N-ethyl adjacent to an activating group) is 1. The summed E-state index contributed by atoms with van der Waals surface area (Å²) in [6.07, 6.45) is 3.87. The summed E-state index contributed by atoms with van der Waals surface area (Å²) in [7, 11) is 4.36. The Morgan fingerprint density at radius 3 is 2.71 bits per heavy atom. The predicted molar refractivity (Wildman–Crippen MR) is 90.6 cm³/mol. The molecule has 0 saturated carbocycles. The molecule has 1 fully saturated rings. The molecule has 21 heavy (non-hydrogen) atoms. The van der Waals surface area contributed by atoms with Crippen LogP contribution in [0.4, 0.5) is 0 Å². The van der Waals surface area contributed by atoms with Crippen LogP contribution in [0.15, 0.2) is 30.3 Å². The maximum atomic E-state index is 3.73. The minimum Gasteiger partial charge on any atom is -0.309 e. The van der Waals surface area contributed by atoms with E-state index in [4.69, 9.17) is 0 Å². The largest absolute Gasteiger partial charge is 0.309 e. The third kappa shape index (κ3) is 5.10. The molecule has 1 N–H and O–H groups in total. The van der Waals surface area contributed by atoms with Crippen LogP contribution in [0.3, 0.4) is 0 Å². The molecule has 2 atom stereocenters. The second-order valence-corrected chi connectivity index (χ2v) is 6.47. The van der Waals surface area contributed by atoms with Gasteiger partial charge in [0.25, 0.3) is 0 Å². The molecule has 0 aromatic heterocycles. The van der Waals surface area contributed by atoms with E-state index in [0.717, 1.165) is 19.1 Å². The molecule has 1 aliphatic heterocycles. The molecular formula is C18H31N3. The van der Waals surface area contributed by atoms with Gasteiger partial charge in [0.15, 0.2) is 0 Å². The molecule has 3 heteroatoms. The standard InChI is InChI=1S/C18H31N3/c1-4-12-19-18(16-9-6-5-7-10-16)15-21-13-8-11-17(21)14-20(2)3/h5-7,9-10,17-19H,4,8,11-15H2,1-3H3. The molecular weight excluding hydrogens is 258 g/mol. The number of benzene rings is 1. The summed E-state index contributed by atoms with van der Waals surface area (Å²) >= 11 is 0. The molecule has 3 nitrogen and oxygen atoms in total. The molecule has 0 bridgehead atoms. The number of hydrogen-bond donors (Lipinski definition) is 1. The first kappa shape index (κ1) is 16.5. The molecule has 2 rings (SSSR count). The monoisotopic (exact) mass is 289 g/mol. The van der Waals surface area contributed by atoms with Gasteiger partial charge in [0.1, 0.15) is 0 Å². The molecule has 0 amide bonds. The topological polar surface area (TPSA) is 18.5 Å². The molecule has 1 aliphatic rings. The highest BCUT2D eigenvalue weighted by molar-refractivity contribution is 5.19. The van der Waals surface area contributed by atoms with Crippen LogP contribution < -0.4 is 5.32 Å². The summed E-state index contributed by atoms with van der Waals surface area (Å²) < 4.78 is 0. The van der Waals surface area contributed by atoms with Gasteiger partial charge < -0.3 is 10.2 Å². The Kier molecular flexibility index (Phi) is 6.68. The average molecular weight is 289 g/mol. The van der Waals surface area contributed by atoms with Gasteiger partial charge in [0, 0.05) is 25.2 Å². The van der Waals surface area contributed by atoms with Crippen LogP contribution in [0.1, 0.15) is 37.8 Å². The van der Waals surface area contributed by atoms with E-state index in [1.807, 2.05) is 0 Å². The Hall–Kier alpha value is -0.900. The fraction of sp³-hybridized carbons (Fsp3) is 0.667. The highest BCUT2D eigenvalue weighted by atomic mass is 15.2. The Morgan fingerprint density at radius 1 is 1.29 bits per heavy atom. The van der Waals surface area contributed by atoms with E-state index in [9.17, 15) is 0 Å². The summed E-state index contributed by atoms with van der Waals surface area (Å²) in [5.74, 6) is 0. The van der Waals surface area contributed by atoms with Gasteiger partial charge in [0.2, 0.25) is 0 Å². The normalized spacial score (nSPS) is 21.0. The molecule has 1 saturated heterocycles. The van der Waals surface area contributed by atoms with Gasteiger partial charge >= 0.3 is 0 Å². The van der Waals surface area contributed by atoms with E-state index in [-0.39, 0.29) is 0 Å². The van der Waals surface area contributed by atoms with Gasteiger partial charge in [-0.3, -0.25) is 4.90 Å². The van der Waals surface area contributed by atoms with Crippen molar-refractivity contribution in [2.45, 2.75) is 38.3 Å². The Bertz CT molecular complexity index is 391. The third-order valence-electron chi connectivity index (χ3n) is 4.33. The lowest BCUT2D eigenvalue weighted by Gasteiger charge is -2.31. The third-order valence-corrected chi connectivity index (χ3v) is 4.33. The van der Waals surface area contributed by atoms with Crippen LogP contribution in [0.5, 0.6) is 0 Å². The number of rotatable bonds is 8. The summed E-state index contributed by atoms with van der Waals surface area (Å²) in [5.41, 5.74) is 1.42. The van der Waals surface area contributed by atoms with Crippen LogP contribution in [0, 0.1) is 0 Å². The van der Waals surface area contributed by atoms with Crippen LogP contribution >= 0.6 is 0 Å². The van der Waals surface area contributed by atoms with Gasteiger partial charge in [-0.15, -0.1) is 0 Å². The van der Waals surface area contributed by atoms with Crippen molar-refractivity contribution in [2.75, 3.05) is 40.3 Å². The molecule has 1 aromatic carbocycles. The van der Waals surface area contributed by atoms with E-state index >= 15 is 0 Å². The Labute approximate surface area is 130 Å². The minimum atomic E-state index is 0.453. The zero-order valence-corrected chi connectivity index (χ0v) is 13.9. The summed E-state index contributed by atoms with van der Waals surface area (Å²) in [5, 5.41) is 3.73. The van der Waals surface area contributed by atoms with Crippen molar-refractivity contribution in [2.24, 2.45) is 0 Å². The second-order valence-electron chi connectivity index (χ2n) is 6.47. The van der Waals surface area contributed by atoms with E-state index in [2.05, 4.69) is 66.5 Å². The molecule has 0 radical (unpaired) electrons.